The number of anilines is 2. The maximum atomic E-state index is 13.9. The molecule has 5 heteroatoms. The highest BCUT2D eigenvalue weighted by atomic mass is 19.1. The highest BCUT2D eigenvalue weighted by Gasteiger charge is 2.17. The fourth-order valence-corrected chi connectivity index (χ4v) is 2.22. The predicted octanol–water partition coefficient (Wildman–Crippen LogP) is 3.46. The van der Waals surface area contributed by atoms with Crippen molar-refractivity contribution >= 4 is 23.2 Å². The fraction of sp³-hybridized carbons (Fsp3) is 0.158. The van der Waals surface area contributed by atoms with Gasteiger partial charge < -0.3 is 5.73 Å². The first-order chi connectivity index (χ1) is 11.3. The molecule has 0 radical (unpaired) electrons. The fourth-order valence-electron chi connectivity index (χ4n) is 2.22. The van der Waals surface area contributed by atoms with Crippen LogP contribution in [0.1, 0.15) is 16.7 Å². The van der Waals surface area contributed by atoms with E-state index in [1.165, 1.54) is 11.0 Å². The summed E-state index contributed by atoms with van der Waals surface area (Å²) in [5.74, 6) is -1.62. The van der Waals surface area contributed by atoms with E-state index in [0.717, 1.165) is 23.3 Å². The topological polar surface area (TPSA) is 63.4 Å². The Morgan fingerprint density at radius 3 is 2.04 bits per heavy atom. The van der Waals surface area contributed by atoms with E-state index in [2.05, 4.69) is 0 Å². The van der Waals surface area contributed by atoms with E-state index < -0.39 is 17.6 Å². The van der Waals surface area contributed by atoms with Crippen molar-refractivity contribution in [3.8, 4) is 0 Å². The van der Waals surface area contributed by atoms with Crippen molar-refractivity contribution in [2.45, 2.75) is 20.8 Å². The summed E-state index contributed by atoms with van der Waals surface area (Å²) in [6.07, 6.45) is 2.07. The first-order valence-electron chi connectivity index (χ1n) is 7.44. The van der Waals surface area contributed by atoms with Crippen molar-refractivity contribution in [1.29, 1.82) is 0 Å². The summed E-state index contributed by atoms with van der Waals surface area (Å²) in [6.45, 7) is 5.54. The molecule has 0 saturated carbocycles. The number of nitrogens with two attached hydrogens (primary N) is 1. The van der Waals surface area contributed by atoms with Crippen LogP contribution in [0.5, 0.6) is 0 Å². The first-order valence-corrected chi connectivity index (χ1v) is 7.44. The molecular formula is C19H19FN2O2. The minimum absolute atomic E-state index is 0.375. The summed E-state index contributed by atoms with van der Waals surface area (Å²) in [7, 11) is 0. The first kappa shape index (κ1) is 17.4. The van der Waals surface area contributed by atoms with E-state index in [1.54, 1.807) is 25.1 Å². The molecule has 2 amide bonds. The Balaban J connectivity index is 2.55. The van der Waals surface area contributed by atoms with E-state index in [4.69, 9.17) is 5.73 Å². The molecule has 4 nitrogen and oxygen atoms in total. The van der Waals surface area contributed by atoms with Crippen LogP contribution in [0.3, 0.4) is 0 Å². The Labute approximate surface area is 140 Å². The third kappa shape index (κ3) is 3.87. The molecule has 0 bridgehead atoms. The van der Waals surface area contributed by atoms with Crippen molar-refractivity contribution in [2.24, 2.45) is 5.73 Å². The highest BCUT2D eigenvalue weighted by molar-refractivity contribution is 6.09. The maximum Gasteiger partial charge on any atom is 0.255 e. The average Bonchev–Trinajstić information content (AvgIpc) is 2.52. The van der Waals surface area contributed by atoms with E-state index >= 15 is 0 Å². The smallest absolute Gasteiger partial charge is 0.255 e. The molecule has 2 aromatic carbocycles. The van der Waals surface area contributed by atoms with Crippen LogP contribution in [0.4, 0.5) is 15.8 Å². The van der Waals surface area contributed by atoms with Crippen molar-refractivity contribution in [3.05, 3.63) is 71.1 Å². The van der Waals surface area contributed by atoms with Crippen LogP contribution in [0.15, 0.2) is 48.6 Å². The van der Waals surface area contributed by atoms with Crippen LogP contribution in [-0.4, -0.2) is 11.8 Å². The number of carbonyl (C=O) groups is 2. The normalized spacial score (nSPS) is 10.8. The molecule has 0 heterocycles. The zero-order valence-corrected chi connectivity index (χ0v) is 13.8. The number of hydrogen-bond acceptors (Lipinski definition) is 2. The van der Waals surface area contributed by atoms with Gasteiger partial charge in [-0.1, -0.05) is 12.1 Å². The molecule has 0 unspecified atom stereocenters. The molecule has 0 aliphatic carbocycles. The van der Waals surface area contributed by atoms with Gasteiger partial charge in [-0.05, 0) is 61.7 Å². The zero-order chi connectivity index (χ0) is 17.9. The molecule has 0 fully saturated rings. The lowest BCUT2D eigenvalue weighted by Crippen LogP contribution is -2.24. The number of halogens is 1. The van der Waals surface area contributed by atoms with Gasteiger partial charge in [0.1, 0.15) is 5.82 Å². The number of carbonyl (C=O) groups excluding carboxylic acids is 2. The van der Waals surface area contributed by atoms with Crippen LogP contribution in [0.2, 0.25) is 0 Å². The standard InChI is InChI=1S/C19H19FN2O2/c1-12-4-6-15(10-14(12)3)22(19(24)9-8-18(21)23)16-7-5-13(2)17(20)11-16/h4-11H,1-3H3,(H2,21,23)/b9-8-. The van der Waals surface area contributed by atoms with Gasteiger partial charge in [0.25, 0.3) is 5.91 Å². The lowest BCUT2D eigenvalue weighted by molar-refractivity contribution is -0.115. The summed E-state index contributed by atoms with van der Waals surface area (Å²) in [6, 6.07) is 10.0. The van der Waals surface area contributed by atoms with Gasteiger partial charge in [-0.2, -0.15) is 0 Å². The Hall–Kier alpha value is -2.95. The summed E-state index contributed by atoms with van der Waals surface area (Å²) in [5, 5.41) is 0. The minimum Gasteiger partial charge on any atom is -0.366 e. The average molecular weight is 326 g/mol. The predicted molar refractivity (Wildman–Crippen MR) is 92.5 cm³/mol. The summed E-state index contributed by atoms with van der Waals surface area (Å²) in [4.78, 5) is 24.8. The van der Waals surface area contributed by atoms with Gasteiger partial charge >= 0.3 is 0 Å². The van der Waals surface area contributed by atoms with Crippen LogP contribution in [0, 0.1) is 26.6 Å². The van der Waals surface area contributed by atoms with Gasteiger partial charge in [0, 0.05) is 17.8 Å². The molecule has 0 aliphatic heterocycles. The monoisotopic (exact) mass is 326 g/mol. The largest absolute Gasteiger partial charge is 0.366 e. The summed E-state index contributed by atoms with van der Waals surface area (Å²) < 4.78 is 13.9. The van der Waals surface area contributed by atoms with E-state index in [1.807, 2.05) is 26.0 Å². The quantitative estimate of drug-likeness (QED) is 0.875. The van der Waals surface area contributed by atoms with Gasteiger partial charge in [0.2, 0.25) is 5.91 Å². The number of primary amides is 1. The van der Waals surface area contributed by atoms with Crippen molar-refractivity contribution in [2.75, 3.05) is 4.90 Å². The van der Waals surface area contributed by atoms with Gasteiger partial charge in [-0.3, -0.25) is 14.5 Å². The van der Waals surface area contributed by atoms with Gasteiger partial charge in [0.15, 0.2) is 0 Å². The second-order valence-corrected chi connectivity index (χ2v) is 5.61. The van der Waals surface area contributed by atoms with Crippen molar-refractivity contribution < 1.29 is 14.0 Å². The van der Waals surface area contributed by atoms with Crippen molar-refractivity contribution in [3.63, 3.8) is 0 Å². The Bertz CT molecular complexity index is 777. The van der Waals surface area contributed by atoms with Crippen molar-refractivity contribution in [1.82, 2.24) is 0 Å². The lowest BCUT2D eigenvalue weighted by atomic mass is 10.1. The molecule has 0 aromatic heterocycles. The van der Waals surface area contributed by atoms with Gasteiger partial charge in [-0.15, -0.1) is 0 Å². The molecule has 24 heavy (non-hydrogen) atoms. The van der Waals surface area contributed by atoms with Crippen LogP contribution in [0.25, 0.3) is 0 Å². The molecule has 2 rings (SSSR count). The molecule has 0 aliphatic rings. The second-order valence-electron chi connectivity index (χ2n) is 5.61. The summed E-state index contributed by atoms with van der Waals surface area (Å²) in [5.41, 5.74) is 8.57. The summed E-state index contributed by atoms with van der Waals surface area (Å²) >= 11 is 0. The molecule has 2 N–H and O–H groups in total. The number of benzene rings is 2. The molecule has 0 saturated heterocycles. The Kier molecular flexibility index (Phi) is 5.14. The third-order valence-corrected chi connectivity index (χ3v) is 3.77. The number of rotatable bonds is 4. The van der Waals surface area contributed by atoms with Crippen LogP contribution < -0.4 is 10.6 Å². The highest BCUT2D eigenvalue weighted by Crippen LogP contribution is 2.29. The molecular weight excluding hydrogens is 307 g/mol. The number of amides is 2. The maximum absolute atomic E-state index is 13.9. The van der Waals surface area contributed by atoms with E-state index in [0.29, 0.717) is 16.9 Å². The third-order valence-electron chi connectivity index (χ3n) is 3.77. The van der Waals surface area contributed by atoms with Gasteiger partial charge in [-0.25, -0.2) is 4.39 Å². The van der Waals surface area contributed by atoms with E-state index in [-0.39, 0.29) is 0 Å². The number of hydrogen-bond donors (Lipinski definition) is 1. The zero-order valence-electron chi connectivity index (χ0n) is 13.8. The lowest BCUT2D eigenvalue weighted by Gasteiger charge is -2.23. The number of nitrogens with zero attached hydrogens (tertiary/aromatic N) is 1. The molecule has 0 atom stereocenters. The molecule has 124 valence electrons. The number of aryl methyl sites for hydroxylation is 3. The van der Waals surface area contributed by atoms with Gasteiger partial charge in [0.05, 0.1) is 5.69 Å². The minimum atomic E-state index is -0.724. The second kappa shape index (κ2) is 7.08. The van der Waals surface area contributed by atoms with Crippen LogP contribution in [-0.2, 0) is 9.59 Å². The molecule has 0 spiro atoms. The van der Waals surface area contributed by atoms with E-state index in [9.17, 15) is 14.0 Å². The molecule has 2 aromatic rings. The SMILES string of the molecule is Cc1ccc(N(C(=O)/C=C\C(N)=O)c2ccc(C)c(F)c2)cc1C. The Morgan fingerprint density at radius 2 is 1.50 bits per heavy atom. The van der Waals surface area contributed by atoms with Crippen LogP contribution >= 0.6 is 0 Å². The Morgan fingerprint density at radius 1 is 0.917 bits per heavy atom.